The zero-order valence-corrected chi connectivity index (χ0v) is 5.23. The fourth-order valence-corrected chi connectivity index (χ4v) is 0.534. The van der Waals surface area contributed by atoms with E-state index in [2.05, 4.69) is 14.9 Å². The van der Waals surface area contributed by atoms with Gasteiger partial charge in [0.2, 0.25) is 0 Å². The van der Waals surface area contributed by atoms with Gasteiger partial charge in [-0.3, -0.25) is 4.79 Å². The van der Waals surface area contributed by atoms with E-state index in [1.54, 1.807) is 18.5 Å². The van der Waals surface area contributed by atoms with E-state index in [0.29, 0.717) is 6.47 Å². The quantitative estimate of drug-likeness (QED) is 0.558. The molecule has 1 heterocycles. The third-order valence-electron chi connectivity index (χ3n) is 0.964. The predicted octanol–water partition coefficient (Wildman–Crippen LogP) is 0.150. The van der Waals surface area contributed by atoms with Gasteiger partial charge in [-0.15, -0.1) is 0 Å². The van der Waals surface area contributed by atoms with Crippen LogP contribution >= 0.6 is 0 Å². The van der Waals surface area contributed by atoms with E-state index < -0.39 is 0 Å². The van der Waals surface area contributed by atoms with Crippen LogP contribution in [0.3, 0.4) is 0 Å². The molecule has 0 saturated carbocycles. The second-order valence-corrected chi connectivity index (χ2v) is 1.66. The molecular formula is C6H6N2O2. The summed E-state index contributed by atoms with van der Waals surface area (Å²) in [5.41, 5.74) is 0.835. The highest BCUT2D eigenvalue weighted by Gasteiger charge is 1.89. The summed E-state index contributed by atoms with van der Waals surface area (Å²) in [6.07, 6.45) is 3.09. The normalized spacial score (nSPS) is 8.80. The third kappa shape index (κ3) is 1.81. The summed E-state index contributed by atoms with van der Waals surface area (Å²) in [7, 11) is 0. The second-order valence-electron chi connectivity index (χ2n) is 1.66. The van der Waals surface area contributed by atoms with Crippen molar-refractivity contribution < 1.29 is 9.53 Å². The molecule has 4 heteroatoms. The largest absolute Gasteiger partial charge is 0.463 e. The molecule has 0 aromatic carbocycles. The highest BCUT2D eigenvalue weighted by Crippen LogP contribution is 1.94. The zero-order valence-electron chi connectivity index (χ0n) is 5.23. The molecular weight excluding hydrogens is 132 g/mol. The minimum Gasteiger partial charge on any atom is -0.463 e. The fraction of sp³-hybridized carbons (Fsp3) is 0.167. The van der Waals surface area contributed by atoms with Crippen LogP contribution in [0.5, 0.6) is 0 Å². The summed E-state index contributed by atoms with van der Waals surface area (Å²) in [6.45, 7) is 0.666. The number of carbonyl (C=O) groups excluding carboxylic acids is 1. The molecule has 0 amide bonds. The van der Waals surface area contributed by atoms with Gasteiger partial charge in [-0.2, -0.15) is 10.2 Å². The molecule has 1 rings (SSSR count). The number of nitrogens with zero attached hydrogens (tertiary/aromatic N) is 2. The van der Waals surface area contributed by atoms with Crippen LogP contribution in [-0.2, 0) is 16.1 Å². The van der Waals surface area contributed by atoms with Crippen LogP contribution in [0, 0.1) is 0 Å². The second kappa shape index (κ2) is 3.55. The Bertz CT molecular complexity index is 200. The Hall–Kier alpha value is -1.45. The van der Waals surface area contributed by atoms with Gasteiger partial charge in [0.05, 0.1) is 6.20 Å². The molecule has 1 aromatic heterocycles. The minimum absolute atomic E-state index is 0.263. The van der Waals surface area contributed by atoms with E-state index in [4.69, 9.17) is 0 Å². The molecule has 1 aromatic rings. The number of rotatable bonds is 3. The first-order valence-corrected chi connectivity index (χ1v) is 2.74. The minimum atomic E-state index is 0.263. The molecule has 0 saturated heterocycles. The van der Waals surface area contributed by atoms with E-state index in [-0.39, 0.29) is 6.61 Å². The SMILES string of the molecule is O=COCc1ccnnc1. The van der Waals surface area contributed by atoms with Gasteiger partial charge >= 0.3 is 0 Å². The lowest BCUT2D eigenvalue weighted by atomic mass is 10.3. The van der Waals surface area contributed by atoms with Gasteiger partial charge in [0.15, 0.2) is 0 Å². The highest BCUT2D eigenvalue weighted by molar-refractivity contribution is 5.37. The highest BCUT2D eigenvalue weighted by atomic mass is 16.5. The fourth-order valence-electron chi connectivity index (χ4n) is 0.534. The molecule has 0 aliphatic carbocycles. The van der Waals surface area contributed by atoms with Crippen LogP contribution in [0.2, 0.25) is 0 Å². The first-order chi connectivity index (χ1) is 4.93. The van der Waals surface area contributed by atoms with Crippen molar-refractivity contribution >= 4 is 6.47 Å². The van der Waals surface area contributed by atoms with Gasteiger partial charge < -0.3 is 4.74 Å². The first kappa shape index (κ1) is 6.67. The molecule has 0 spiro atoms. The molecule has 0 bridgehead atoms. The Morgan fingerprint density at radius 1 is 1.60 bits per heavy atom. The summed E-state index contributed by atoms with van der Waals surface area (Å²) < 4.78 is 4.47. The van der Waals surface area contributed by atoms with Crippen molar-refractivity contribution in [3.63, 3.8) is 0 Å². The Morgan fingerprint density at radius 2 is 2.50 bits per heavy atom. The van der Waals surface area contributed by atoms with Crippen molar-refractivity contribution in [2.24, 2.45) is 0 Å². The van der Waals surface area contributed by atoms with Crippen LogP contribution in [0.4, 0.5) is 0 Å². The molecule has 52 valence electrons. The van der Waals surface area contributed by atoms with Gasteiger partial charge in [-0.25, -0.2) is 0 Å². The van der Waals surface area contributed by atoms with E-state index in [1.165, 1.54) is 0 Å². The van der Waals surface area contributed by atoms with Crippen molar-refractivity contribution in [1.29, 1.82) is 0 Å². The number of hydrogen-bond donors (Lipinski definition) is 0. The Morgan fingerprint density at radius 3 is 3.10 bits per heavy atom. The van der Waals surface area contributed by atoms with E-state index in [1.807, 2.05) is 0 Å². The molecule has 10 heavy (non-hydrogen) atoms. The van der Waals surface area contributed by atoms with Crippen molar-refractivity contribution in [2.75, 3.05) is 0 Å². The molecule has 4 nitrogen and oxygen atoms in total. The summed E-state index contributed by atoms with van der Waals surface area (Å²) in [6, 6.07) is 1.73. The molecule has 0 N–H and O–H groups in total. The third-order valence-corrected chi connectivity index (χ3v) is 0.964. The van der Waals surface area contributed by atoms with Gasteiger partial charge in [0.25, 0.3) is 6.47 Å². The van der Waals surface area contributed by atoms with E-state index in [9.17, 15) is 4.79 Å². The number of aromatic nitrogens is 2. The first-order valence-electron chi connectivity index (χ1n) is 2.74. The standard InChI is InChI=1S/C6H6N2O2/c9-5-10-4-6-1-2-7-8-3-6/h1-3,5H,4H2. The Balaban J connectivity index is 2.50. The van der Waals surface area contributed by atoms with Gasteiger partial charge in [-0.05, 0) is 6.07 Å². The lowest BCUT2D eigenvalue weighted by Gasteiger charge is -1.94. The van der Waals surface area contributed by atoms with Crippen molar-refractivity contribution in [1.82, 2.24) is 10.2 Å². The predicted molar refractivity (Wildman–Crippen MR) is 32.9 cm³/mol. The summed E-state index contributed by atoms with van der Waals surface area (Å²) in [5.74, 6) is 0. The van der Waals surface area contributed by atoms with E-state index >= 15 is 0 Å². The van der Waals surface area contributed by atoms with Crippen LogP contribution in [0.1, 0.15) is 5.56 Å². The van der Waals surface area contributed by atoms with Crippen LogP contribution < -0.4 is 0 Å². The number of hydrogen-bond acceptors (Lipinski definition) is 4. The smallest absolute Gasteiger partial charge is 0.293 e. The average Bonchev–Trinajstić information content (AvgIpc) is 2.03. The molecule has 0 aliphatic heterocycles. The molecule has 0 aliphatic rings. The average molecular weight is 138 g/mol. The zero-order chi connectivity index (χ0) is 7.23. The summed E-state index contributed by atoms with van der Waals surface area (Å²) >= 11 is 0. The van der Waals surface area contributed by atoms with Gasteiger partial charge in [0.1, 0.15) is 6.61 Å². The Labute approximate surface area is 57.8 Å². The molecule has 0 atom stereocenters. The molecule has 0 fully saturated rings. The topological polar surface area (TPSA) is 52.1 Å². The van der Waals surface area contributed by atoms with Crippen molar-refractivity contribution in [3.8, 4) is 0 Å². The van der Waals surface area contributed by atoms with Crippen molar-refractivity contribution in [3.05, 3.63) is 24.0 Å². The number of ether oxygens (including phenoxy) is 1. The summed E-state index contributed by atoms with van der Waals surface area (Å²) in [4.78, 5) is 9.72. The maximum atomic E-state index is 9.72. The maximum Gasteiger partial charge on any atom is 0.293 e. The van der Waals surface area contributed by atoms with Gasteiger partial charge in [-0.1, -0.05) is 0 Å². The van der Waals surface area contributed by atoms with Crippen LogP contribution in [0.15, 0.2) is 18.5 Å². The lowest BCUT2D eigenvalue weighted by Crippen LogP contribution is -1.91. The lowest BCUT2D eigenvalue weighted by molar-refractivity contribution is -0.129. The summed E-state index contributed by atoms with van der Waals surface area (Å²) in [5, 5.41) is 7.15. The van der Waals surface area contributed by atoms with Gasteiger partial charge in [0, 0.05) is 11.8 Å². The monoisotopic (exact) mass is 138 g/mol. The number of carbonyl (C=O) groups is 1. The Kier molecular flexibility index (Phi) is 2.37. The van der Waals surface area contributed by atoms with Crippen LogP contribution in [0.25, 0.3) is 0 Å². The van der Waals surface area contributed by atoms with E-state index in [0.717, 1.165) is 5.56 Å². The molecule has 0 unspecified atom stereocenters. The molecule has 0 radical (unpaired) electrons. The van der Waals surface area contributed by atoms with Crippen LogP contribution in [-0.4, -0.2) is 16.7 Å². The maximum absolute atomic E-state index is 9.72. The van der Waals surface area contributed by atoms with Crippen molar-refractivity contribution in [2.45, 2.75) is 6.61 Å².